The summed E-state index contributed by atoms with van der Waals surface area (Å²) in [4.78, 5) is 0. The Balaban J connectivity index is 1.23. The fourth-order valence-corrected chi connectivity index (χ4v) is 5.20. The van der Waals surface area contributed by atoms with Crippen molar-refractivity contribution in [3.8, 4) is 33.4 Å². The van der Waals surface area contributed by atoms with Crippen molar-refractivity contribution in [2.45, 2.75) is 19.3 Å². The van der Waals surface area contributed by atoms with Crippen LogP contribution in [0.1, 0.15) is 25.0 Å². The maximum Gasteiger partial charge on any atom is 0.0390 e. The maximum atomic E-state index is 3.60. The molecule has 0 radical (unpaired) electrons. The lowest BCUT2D eigenvalue weighted by molar-refractivity contribution is 0.660. The van der Waals surface area contributed by atoms with Crippen molar-refractivity contribution in [2.75, 3.05) is 5.32 Å². The molecule has 5 aromatic carbocycles. The van der Waals surface area contributed by atoms with E-state index < -0.39 is 0 Å². The minimum Gasteiger partial charge on any atom is -0.356 e. The summed E-state index contributed by atoms with van der Waals surface area (Å²) >= 11 is 0. The number of rotatable bonds is 4. The van der Waals surface area contributed by atoms with E-state index in [0.29, 0.717) is 0 Å². The summed E-state index contributed by atoms with van der Waals surface area (Å²) < 4.78 is 0. The lowest BCUT2D eigenvalue weighted by Gasteiger charge is -2.21. The van der Waals surface area contributed by atoms with Gasteiger partial charge in [-0.25, -0.2) is 0 Å². The molecule has 0 aromatic heterocycles. The predicted octanol–water partition coefficient (Wildman–Crippen LogP) is 9.07. The van der Waals surface area contributed by atoms with Crippen molar-refractivity contribution in [3.63, 3.8) is 0 Å². The monoisotopic (exact) mass is 437 g/mol. The Kier molecular flexibility index (Phi) is 4.85. The Morgan fingerprint density at radius 2 is 0.941 bits per heavy atom. The van der Waals surface area contributed by atoms with Crippen LogP contribution in [-0.2, 0) is 5.41 Å². The maximum absolute atomic E-state index is 3.60. The molecule has 0 saturated heterocycles. The van der Waals surface area contributed by atoms with Gasteiger partial charge in [0.25, 0.3) is 0 Å². The summed E-state index contributed by atoms with van der Waals surface area (Å²) in [5.74, 6) is 0. The van der Waals surface area contributed by atoms with Crippen LogP contribution < -0.4 is 5.32 Å². The highest BCUT2D eigenvalue weighted by Crippen LogP contribution is 2.49. The molecule has 0 atom stereocenters. The van der Waals surface area contributed by atoms with Gasteiger partial charge in [0, 0.05) is 16.8 Å². The van der Waals surface area contributed by atoms with Crippen LogP contribution in [0.2, 0.25) is 0 Å². The number of hydrogen-bond donors (Lipinski definition) is 1. The molecule has 0 heterocycles. The quantitative estimate of drug-likeness (QED) is 0.296. The van der Waals surface area contributed by atoms with Gasteiger partial charge in [-0.3, -0.25) is 0 Å². The number of anilines is 2. The second kappa shape index (κ2) is 8.04. The van der Waals surface area contributed by atoms with E-state index in [9.17, 15) is 0 Å². The van der Waals surface area contributed by atoms with Crippen LogP contribution in [0.15, 0.2) is 121 Å². The minimum absolute atomic E-state index is 0.0438. The van der Waals surface area contributed by atoms with Gasteiger partial charge >= 0.3 is 0 Å². The highest BCUT2D eigenvalue weighted by molar-refractivity contribution is 5.84. The number of benzene rings is 5. The van der Waals surface area contributed by atoms with Crippen molar-refractivity contribution >= 4 is 11.4 Å². The molecule has 1 aliphatic carbocycles. The fourth-order valence-electron chi connectivity index (χ4n) is 5.20. The fraction of sp³-hybridized carbons (Fsp3) is 0.0909. The van der Waals surface area contributed by atoms with E-state index in [1.165, 1.54) is 44.5 Å². The molecule has 6 rings (SSSR count). The molecular weight excluding hydrogens is 410 g/mol. The summed E-state index contributed by atoms with van der Waals surface area (Å²) in [6.07, 6.45) is 0. The van der Waals surface area contributed by atoms with Gasteiger partial charge in [0.05, 0.1) is 0 Å². The molecule has 164 valence electrons. The van der Waals surface area contributed by atoms with E-state index >= 15 is 0 Å². The van der Waals surface area contributed by atoms with E-state index in [0.717, 1.165) is 11.4 Å². The summed E-state index contributed by atoms with van der Waals surface area (Å²) in [5.41, 5.74) is 12.7. The first-order valence-corrected chi connectivity index (χ1v) is 11.9. The van der Waals surface area contributed by atoms with Gasteiger partial charge in [0.15, 0.2) is 0 Å². The summed E-state index contributed by atoms with van der Waals surface area (Å²) in [5, 5.41) is 3.60. The Hall–Kier alpha value is -4.10. The van der Waals surface area contributed by atoms with Crippen molar-refractivity contribution in [3.05, 3.63) is 132 Å². The molecule has 0 aliphatic heterocycles. The first kappa shape index (κ1) is 20.5. The largest absolute Gasteiger partial charge is 0.356 e. The molecule has 1 heteroatoms. The number of fused-ring (bicyclic) bond motifs is 3. The molecule has 1 aliphatic rings. The average Bonchev–Trinajstić information content (AvgIpc) is 3.12. The van der Waals surface area contributed by atoms with E-state index in [-0.39, 0.29) is 5.41 Å². The summed E-state index contributed by atoms with van der Waals surface area (Å²) in [7, 11) is 0. The van der Waals surface area contributed by atoms with Gasteiger partial charge in [0.1, 0.15) is 0 Å². The van der Waals surface area contributed by atoms with Crippen LogP contribution in [0.3, 0.4) is 0 Å². The highest BCUT2D eigenvalue weighted by atomic mass is 14.9. The Morgan fingerprint density at radius 3 is 1.62 bits per heavy atom. The van der Waals surface area contributed by atoms with E-state index in [1.54, 1.807) is 0 Å². The van der Waals surface area contributed by atoms with Gasteiger partial charge in [-0.1, -0.05) is 111 Å². The highest BCUT2D eigenvalue weighted by Gasteiger charge is 2.34. The molecule has 0 bridgehead atoms. The second-order valence-electron chi connectivity index (χ2n) is 9.58. The molecule has 34 heavy (non-hydrogen) atoms. The summed E-state index contributed by atoms with van der Waals surface area (Å²) in [6.45, 7) is 4.63. The van der Waals surface area contributed by atoms with E-state index in [1.807, 2.05) is 0 Å². The first-order chi connectivity index (χ1) is 16.6. The lowest BCUT2D eigenvalue weighted by Crippen LogP contribution is -2.14. The molecular formula is C33H27N. The van der Waals surface area contributed by atoms with Crippen molar-refractivity contribution in [2.24, 2.45) is 0 Å². The molecule has 5 aromatic rings. The van der Waals surface area contributed by atoms with Gasteiger partial charge in [-0.2, -0.15) is 0 Å². The molecule has 0 spiro atoms. The first-order valence-electron chi connectivity index (χ1n) is 11.9. The van der Waals surface area contributed by atoms with Crippen LogP contribution in [0.5, 0.6) is 0 Å². The molecule has 0 fully saturated rings. The third-order valence-corrected chi connectivity index (χ3v) is 7.08. The zero-order valence-electron chi connectivity index (χ0n) is 19.5. The Labute approximate surface area is 201 Å². The van der Waals surface area contributed by atoms with Crippen molar-refractivity contribution in [1.82, 2.24) is 0 Å². The zero-order valence-corrected chi connectivity index (χ0v) is 19.5. The van der Waals surface area contributed by atoms with Gasteiger partial charge in [-0.15, -0.1) is 0 Å². The minimum atomic E-state index is 0.0438. The third-order valence-electron chi connectivity index (χ3n) is 7.08. The van der Waals surface area contributed by atoms with Crippen LogP contribution in [-0.4, -0.2) is 0 Å². The number of hydrogen-bond acceptors (Lipinski definition) is 1. The van der Waals surface area contributed by atoms with Crippen LogP contribution in [0.4, 0.5) is 11.4 Å². The third kappa shape index (κ3) is 3.50. The van der Waals surface area contributed by atoms with Crippen LogP contribution in [0, 0.1) is 0 Å². The smallest absolute Gasteiger partial charge is 0.0390 e. The predicted molar refractivity (Wildman–Crippen MR) is 145 cm³/mol. The Bertz CT molecular complexity index is 1460. The molecule has 1 nitrogen and oxygen atoms in total. The van der Waals surface area contributed by atoms with Crippen LogP contribution in [0.25, 0.3) is 33.4 Å². The number of nitrogens with one attached hydrogen (secondary N) is 1. The standard InChI is InChI=1S/C33H27N/c1-33(2)31-11-7-6-10-29(31)30-22-28(20-21-32(30)33)34-27-18-16-26(17-19-27)25-14-12-24(13-15-25)23-8-4-3-5-9-23/h3-22,34H,1-2H3. The molecule has 0 saturated carbocycles. The zero-order chi connectivity index (χ0) is 23.1. The Morgan fingerprint density at radius 1 is 0.441 bits per heavy atom. The molecule has 0 amide bonds. The van der Waals surface area contributed by atoms with Gasteiger partial charge in [-0.05, 0) is 68.8 Å². The average molecular weight is 438 g/mol. The van der Waals surface area contributed by atoms with Gasteiger partial charge < -0.3 is 5.32 Å². The molecule has 0 unspecified atom stereocenters. The van der Waals surface area contributed by atoms with E-state index in [2.05, 4.69) is 140 Å². The van der Waals surface area contributed by atoms with Crippen LogP contribution >= 0.6 is 0 Å². The topological polar surface area (TPSA) is 12.0 Å². The second-order valence-corrected chi connectivity index (χ2v) is 9.58. The normalized spacial score (nSPS) is 13.2. The van der Waals surface area contributed by atoms with Crippen molar-refractivity contribution in [1.29, 1.82) is 0 Å². The summed E-state index contributed by atoms with van der Waals surface area (Å²) in [6, 6.07) is 43.5. The van der Waals surface area contributed by atoms with E-state index in [4.69, 9.17) is 0 Å². The lowest BCUT2D eigenvalue weighted by atomic mass is 9.82. The van der Waals surface area contributed by atoms with Crippen molar-refractivity contribution < 1.29 is 0 Å². The SMILES string of the molecule is CC1(C)c2ccccc2-c2cc(Nc3ccc(-c4ccc(-c5ccccc5)cc4)cc3)ccc21. The molecule has 1 N–H and O–H groups in total. The van der Waals surface area contributed by atoms with Gasteiger partial charge in [0.2, 0.25) is 0 Å².